The number of ketones is 1. The van der Waals surface area contributed by atoms with Crippen molar-refractivity contribution in [1.29, 1.82) is 0 Å². The molecule has 13 nitrogen and oxygen atoms in total. The Labute approximate surface area is 226 Å². The number of primary amides is 1. The summed E-state index contributed by atoms with van der Waals surface area (Å²) in [4.78, 5) is 60.3. The third-order valence-electron chi connectivity index (χ3n) is 5.62. The summed E-state index contributed by atoms with van der Waals surface area (Å²) < 4.78 is 5.38. The van der Waals surface area contributed by atoms with E-state index in [0.717, 1.165) is 5.56 Å². The van der Waals surface area contributed by atoms with Gasteiger partial charge in [-0.05, 0) is 36.2 Å². The zero-order valence-electron chi connectivity index (χ0n) is 22.1. The van der Waals surface area contributed by atoms with Gasteiger partial charge in [-0.2, -0.15) is 0 Å². The molecule has 0 fully saturated rings. The maximum absolute atomic E-state index is 12.4. The number of aryl methyl sites for hydroxylation is 1. The summed E-state index contributed by atoms with van der Waals surface area (Å²) in [6, 6.07) is 10.0. The number of methoxy groups -OCH3 is 1. The monoisotopic (exact) mass is 542 g/mol. The van der Waals surface area contributed by atoms with E-state index in [1.807, 2.05) is 25.1 Å². The number of nitrogens with one attached hydrogen (secondary N) is 4. The topological polar surface area (TPSA) is 192 Å². The van der Waals surface area contributed by atoms with Crippen LogP contribution in [0.15, 0.2) is 42.5 Å². The third kappa shape index (κ3) is 10.3. The number of carboxylic acid groups (broad SMARTS) is 1. The number of rotatable bonds is 14. The molecule has 0 heterocycles. The molecule has 0 aromatic heterocycles. The largest absolute Gasteiger partial charge is 0.495 e. The fraction of sp³-hybridized carbons (Fsp3) is 0.346. The standard InChI is InChI=1S/C26H34N6O7/c1-16-6-4-5-7-19(16)29-25(37)30-20-9-8-17(13-22(20)39-3)12-18(33)15-28-10-11-32(2)26(38)31-21(24(27)36)14-23(34)35/h4-9,13,21,28H,10-12,14-15H2,1-3H3,(H2,27,36)(H,31,38)(H,34,35)(H2,29,30,37). The molecule has 7 N–H and O–H groups in total. The van der Waals surface area contributed by atoms with Gasteiger partial charge >= 0.3 is 18.0 Å². The summed E-state index contributed by atoms with van der Waals surface area (Å²) in [5.74, 6) is -1.93. The molecule has 0 bridgehead atoms. The first-order chi connectivity index (χ1) is 18.5. The van der Waals surface area contributed by atoms with Crippen molar-refractivity contribution in [1.82, 2.24) is 15.5 Å². The van der Waals surface area contributed by atoms with Crippen LogP contribution in [0.5, 0.6) is 5.75 Å². The lowest BCUT2D eigenvalue weighted by atomic mass is 10.1. The Kier molecular flexibility index (Phi) is 11.7. The maximum atomic E-state index is 12.4. The summed E-state index contributed by atoms with van der Waals surface area (Å²) in [5, 5.41) is 19.5. The minimum Gasteiger partial charge on any atom is -0.495 e. The zero-order chi connectivity index (χ0) is 28.9. The van der Waals surface area contributed by atoms with Crippen LogP contribution < -0.4 is 31.7 Å². The zero-order valence-corrected chi connectivity index (χ0v) is 22.1. The second-order valence-electron chi connectivity index (χ2n) is 8.74. The minimum absolute atomic E-state index is 0.0412. The van der Waals surface area contributed by atoms with Crippen LogP contribution in [0, 0.1) is 6.92 Å². The number of carbonyl (C=O) groups is 5. The van der Waals surface area contributed by atoms with Crippen molar-refractivity contribution in [2.24, 2.45) is 5.73 Å². The lowest BCUT2D eigenvalue weighted by Gasteiger charge is -2.21. The van der Waals surface area contributed by atoms with Gasteiger partial charge in [0.25, 0.3) is 0 Å². The van der Waals surface area contributed by atoms with E-state index in [1.165, 1.54) is 19.1 Å². The van der Waals surface area contributed by atoms with Gasteiger partial charge in [-0.3, -0.25) is 14.4 Å². The van der Waals surface area contributed by atoms with E-state index in [1.54, 1.807) is 24.3 Å². The number of hydrogen-bond acceptors (Lipinski definition) is 7. The highest BCUT2D eigenvalue weighted by Gasteiger charge is 2.22. The van der Waals surface area contributed by atoms with Crippen molar-refractivity contribution in [3.63, 3.8) is 0 Å². The number of hydrogen-bond donors (Lipinski definition) is 6. The normalized spacial score (nSPS) is 11.2. The Bertz CT molecular complexity index is 1200. The fourth-order valence-corrected chi connectivity index (χ4v) is 3.46. The second kappa shape index (κ2) is 14.9. The Morgan fingerprint density at radius 2 is 1.74 bits per heavy atom. The van der Waals surface area contributed by atoms with E-state index in [-0.39, 0.29) is 31.8 Å². The van der Waals surface area contributed by atoms with Crippen LogP contribution in [0.4, 0.5) is 21.0 Å². The predicted octanol–water partition coefficient (Wildman–Crippen LogP) is 1.32. The molecule has 0 spiro atoms. The smallest absolute Gasteiger partial charge is 0.323 e. The van der Waals surface area contributed by atoms with Crippen LogP contribution in [0.1, 0.15) is 17.5 Å². The highest BCUT2D eigenvalue weighted by atomic mass is 16.5. The molecule has 2 rings (SSSR count). The first kappa shape index (κ1) is 30.6. The van der Waals surface area contributed by atoms with Gasteiger partial charge in [0.15, 0.2) is 5.78 Å². The highest BCUT2D eigenvalue weighted by Crippen LogP contribution is 2.26. The van der Waals surface area contributed by atoms with Crippen molar-refractivity contribution in [3.8, 4) is 5.75 Å². The summed E-state index contributed by atoms with van der Waals surface area (Å²) in [5.41, 5.74) is 7.86. The number of urea groups is 2. The van der Waals surface area contributed by atoms with Crippen LogP contribution in [0.25, 0.3) is 0 Å². The predicted molar refractivity (Wildman–Crippen MR) is 145 cm³/mol. The van der Waals surface area contributed by atoms with E-state index in [2.05, 4.69) is 21.3 Å². The van der Waals surface area contributed by atoms with Gasteiger partial charge < -0.3 is 41.7 Å². The summed E-state index contributed by atoms with van der Waals surface area (Å²) in [7, 11) is 2.92. The SMILES string of the molecule is COc1cc(CC(=O)CNCCN(C)C(=O)NC(CC(=O)O)C(N)=O)ccc1NC(=O)Nc1ccccc1C. The summed E-state index contributed by atoms with van der Waals surface area (Å²) in [6.45, 7) is 2.39. The number of aliphatic carboxylic acids is 1. The molecule has 13 heteroatoms. The average Bonchev–Trinajstić information content (AvgIpc) is 2.87. The van der Waals surface area contributed by atoms with E-state index in [9.17, 15) is 24.0 Å². The first-order valence-electron chi connectivity index (χ1n) is 12.1. The molecule has 210 valence electrons. The Morgan fingerprint density at radius 3 is 2.38 bits per heavy atom. The number of nitrogens with zero attached hydrogens (tertiary/aromatic N) is 1. The molecule has 5 amide bonds. The van der Waals surface area contributed by atoms with Crippen molar-refractivity contribution >= 4 is 41.1 Å². The van der Waals surface area contributed by atoms with Crippen LogP contribution >= 0.6 is 0 Å². The molecule has 0 saturated heterocycles. The van der Waals surface area contributed by atoms with Gasteiger partial charge in [0.05, 0.1) is 25.8 Å². The van der Waals surface area contributed by atoms with Gasteiger partial charge in [0.2, 0.25) is 5.91 Å². The summed E-state index contributed by atoms with van der Waals surface area (Å²) >= 11 is 0. The highest BCUT2D eigenvalue weighted by molar-refractivity contribution is 6.01. The number of nitrogens with two attached hydrogens (primary N) is 1. The van der Waals surface area contributed by atoms with E-state index in [0.29, 0.717) is 22.7 Å². The molecule has 0 saturated carbocycles. The van der Waals surface area contributed by atoms with Gasteiger partial charge in [-0.1, -0.05) is 24.3 Å². The van der Waals surface area contributed by atoms with E-state index < -0.39 is 36.4 Å². The number of benzene rings is 2. The molecular formula is C26H34N6O7. The molecule has 0 aliphatic heterocycles. The van der Waals surface area contributed by atoms with Crippen LogP contribution in [0.3, 0.4) is 0 Å². The van der Waals surface area contributed by atoms with Crippen LogP contribution in [0.2, 0.25) is 0 Å². The van der Waals surface area contributed by atoms with Crippen molar-refractivity contribution in [2.45, 2.75) is 25.8 Å². The Morgan fingerprint density at radius 1 is 1.05 bits per heavy atom. The number of Topliss-reactive ketones (excluding diaryl/α,β-unsaturated/α-hetero) is 1. The molecule has 0 aliphatic rings. The number of ether oxygens (including phenoxy) is 1. The number of para-hydroxylation sites is 1. The van der Waals surface area contributed by atoms with Gasteiger partial charge in [0, 0.05) is 32.2 Å². The van der Waals surface area contributed by atoms with Crippen molar-refractivity contribution < 1.29 is 33.8 Å². The fourth-order valence-electron chi connectivity index (χ4n) is 3.46. The van der Waals surface area contributed by atoms with E-state index >= 15 is 0 Å². The van der Waals surface area contributed by atoms with Gasteiger partial charge in [-0.15, -0.1) is 0 Å². The lowest BCUT2D eigenvalue weighted by molar-refractivity contribution is -0.139. The van der Waals surface area contributed by atoms with Crippen molar-refractivity contribution in [2.75, 3.05) is 44.4 Å². The molecular weight excluding hydrogens is 508 g/mol. The maximum Gasteiger partial charge on any atom is 0.323 e. The third-order valence-corrected chi connectivity index (χ3v) is 5.62. The first-order valence-corrected chi connectivity index (χ1v) is 12.1. The molecule has 0 aliphatic carbocycles. The van der Waals surface area contributed by atoms with Crippen LogP contribution in [-0.2, 0) is 20.8 Å². The molecule has 0 radical (unpaired) electrons. The average molecular weight is 543 g/mol. The Hall–Kier alpha value is -4.65. The second-order valence-corrected chi connectivity index (χ2v) is 8.74. The summed E-state index contributed by atoms with van der Waals surface area (Å²) in [6.07, 6.45) is -0.505. The minimum atomic E-state index is -1.33. The lowest BCUT2D eigenvalue weighted by Crippen LogP contribution is -2.50. The number of anilines is 2. The molecule has 2 aromatic rings. The number of amides is 5. The van der Waals surface area contributed by atoms with Crippen molar-refractivity contribution in [3.05, 3.63) is 53.6 Å². The number of carboxylic acids is 1. The molecule has 1 unspecified atom stereocenters. The molecule has 39 heavy (non-hydrogen) atoms. The van der Waals surface area contributed by atoms with Gasteiger partial charge in [-0.25, -0.2) is 9.59 Å². The number of likely N-dealkylation sites (N-methyl/N-ethyl adjacent to an activating group) is 1. The van der Waals surface area contributed by atoms with Crippen LogP contribution in [-0.4, -0.2) is 79.6 Å². The Balaban J connectivity index is 1.80. The van der Waals surface area contributed by atoms with Gasteiger partial charge in [0.1, 0.15) is 11.8 Å². The van der Waals surface area contributed by atoms with E-state index in [4.69, 9.17) is 15.6 Å². The quantitative estimate of drug-likeness (QED) is 0.192. The number of carbonyl (C=O) groups excluding carboxylic acids is 4. The molecule has 2 aromatic carbocycles. The molecule has 1 atom stereocenters.